The number of carbonyl (C=O) groups is 2. The molecule has 128 valence electrons. The highest BCUT2D eigenvalue weighted by Gasteiger charge is 2.30. The number of halogens is 3. The first kappa shape index (κ1) is 18.8. The summed E-state index contributed by atoms with van der Waals surface area (Å²) in [5, 5.41) is 4.84. The van der Waals surface area contributed by atoms with Gasteiger partial charge in [0.25, 0.3) is 0 Å². The zero-order valence-electron chi connectivity index (χ0n) is 12.9. The van der Waals surface area contributed by atoms with Crippen LogP contribution in [0.4, 0.5) is 18.0 Å². The Kier molecular flexibility index (Phi) is 6.41. The van der Waals surface area contributed by atoms with Crippen molar-refractivity contribution in [2.24, 2.45) is 11.7 Å². The SMILES string of the molecule is CC(C)CC(NC(N)=O)C(=O)NCc1cccc(C(F)(F)F)c1. The zero-order chi connectivity index (χ0) is 17.6. The van der Waals surface area contributed by atoms with Crippen molar-refractivity contribution in [3.63, 3.8) is 0 Å². The number of rotatable bonds is 6. The van der Waals surface area contributed by atoms with Gasteiger partial charge in [-0.15, -0.1) is 0 Å². The van der Waals surface area contributed by atoms with E-state index in [2.05, 4.69) is 10.6 Å². The van der Waals surface area contributed by atoms with Gasteiger partial charge in [-0.2, -0.15) is 13.2 Å². The molecule has 4 N–H and O–H groups in total. The number of urea groups is 1. The van der Waals surface area contributed by atoms with Crippen LogP contribution in [0.2, 0.25) is 0 Å². The lowest BCUT2D eigenvalue weighted by Crippen LogP contribution is -2.49. The van der Waals surface area contributed by atoms with Crippen LogP contribution in [-0.2, 0) is 17.5 Å². The van der Waals surface area contributed by atoms with Crippen molar-refractivity contribution < 1.29 is 22.8 Å². The van der Waals surface area contributed by atoms with Gasteiger partial charge in [0.2, 0.25) is 5.91 Å². The van der Waals surface area contributed by atoms with Gasteiger partial charge in [0, 0.05) is 6.54 Å². The van der Waals surface area contributed by atoms with Gasteiger partial charge in [-0.25, -0.2) is 4.79 Å². The van der Waals surface area contributed by atoms with E-state index in [4.69, 9.17) is 5.73 Å². The van der Waals surface area contributed by atoms with Crippen molar-refractivity contribution >= 4 is 11.9 Å². The van der Waals surface area contributed by atoms with Crippen LogP contribution in [0.5, 0.6) is 0 Å². The fourth-order valence-electron chi connectivity index (χ4n) is 2.04. The van der Waals surface area contributed by atoms with Gasteiger partial charge < -0.3 is 16.4 Å². The second-order valence-corrected chi connectivity index (χ2v) is 5.61. The highest BCUT2D eigenvalue weighted by Crippen LogP contribution is 2.29. The van der Waals surface area contributed by atoms with Crippen molar-refractivity contribution in [1.29, 1.82) is 0 Å². The molecule has 0 saturated carbocycles. The van der Waals surface area contributed by atoms with E-state index in [9.17, 15) is 22.8 Å². The van der Waals surface area contributed by atoms with Crippen molar-refractivity contribution in [3.8, 4) is 0 Å². The van der Waals surface area contributed by atoms with Gasteiger partial charge in [0.1, 0.15) is 6.04 Å². The van der Waals surface area contributed by atoms with E-state index in [1.165, 1.54) is 12.1 Å². The quantitative estimate of drug-likeness (QED) is 0.748. The lowest BCUT2D eigenvalue weighted by molar-refractivity contribution is -0.137. The average molecular weight is 331 g/mol. The Morgan fingerprint density at radius 3 is 2.43 bits per heavy atom. The first-order chi connectivity index (χ1) is 10.6. The van der Waals surface area contributed by atoms with Gasteiger partial charge in [-0.05, 0) is 30.0 Å². The molecule has 0 radical (unpaired) electrons. The molecule has 0 aromatic heterocycles. The number of hydrogen-bond donors (Lipinski definition) is 3. The highest BCUT2D eigenvalue weighted by atomic mass is 19.4. The van der Waals surface area contributed by atoms with Gasteiger partial charge in [-0.1, -0.05) is 26.0 Å². The second kappa shape index (κ2) is 7.85. The molecule has 0 heterocycles. The number of nitrogens with two attached hydrogens (primary N) is 1. The van der Waals surface area contributed by atoms with Crippen LogP contribution < -0.4 is 16.4 Å². The minimum atomic E-state index is -4.44. The topological polar surface area (TPSA) is 84.2 Å². The minimum Gasteiger partial charge on any atom is -0.352 e. The molecule has 0 spiro atoms. The highest BCUT2D eigenvalue weighted by molar-refractivity contribution is 5.86. The molecule has 1 atom stereocenters. The first-order valence-corrected chi connectivity index (χ1v) is 7.09. The van der Waals surface area contributed by atoms with Crippen molar-refractivity contribution in [2.45, 2.75) is 39.0 Å². The zero-order valence-corrected chi connectivity index (χ0v) is 12.9. The molecule has 0 fully saturated rings. The van der Waals surface area contributed by atoms with Crippen LogP contribution >= 0.6 is 0 Å². The van der Waals surface area contributed by atoms with Crippen molar-refractivity contribution in [2.75, 3.05) is 0 Å². The molecule has 1 rings (SSSR count). The molecule has 0 saturated heterocycles. The largest absolute Gasteiger partial charge is 0.416 e. The molecule has 1 aromatic carbocycles. The van der Waals surface area contributed by atoms with E-state index in [0.717, 1.165) is 12.1 Å². The van der Waals surface area contributed by atoms with E-state index < -0.39 is 29.7 Å². The smallest absolute Gasteiger partial charge is 0.352 e. The van der Waals surface area contributed by atoms with E-state index >= 15 is 0 Å². The third-order valence-electron chi connectivity index (χ3n) is 3.06. The number of carbonyl (C=O) groups excluding carboxylic acids is 2. The van der Waals surface area contributed by atoms with Crippen LogP contribution in [0.1, 0.15) is 31.4 Å². The summed E-state index contributed by atoms with van der Waals surface area (Å²) < 4.78 is 37.9. The van der Waals surface area contributed by atoms with Crippen LogP contribution in [0, 0.1) is 5.92 Å². The van der Waals surface area contributed by atoms with Crippen LogP contribution in [0.15, 0.2) is 24.3 Å². The summed E-state index contributed by atoms with van der Waals surface area (Å²) in [7, 11) is 0. The molecule has 3 amide bonds. The molecule has 23 heavy (non-hydrogen) atoms. The molecule has 1 aromatic rings. The van der Waals surface area contributed by atoms with E-state index in [-0.39, 0.29) is 12.5 Å². The van der Waals surface area contributed by atoms with Gasteiger partial charge in [0.15, 0.2) is 0 Å². The van der Waals surface area contributed by atoms with Gasteiger partial charge in [0.05, 0.1) is 5.56 Å². The second-order valence-electron chi connectivity index (χ2n) is 5.61. The summed E-state index contributed by atoms with van der Waals surface area (Å²) >= 11 is 0. The Morgan fingerprint density at radius 1 is 1.26 bits per heavy atom. The van der Waals surface area contributed by atoms with Gasteiger partial charge >= 0.3 is 12.2 Å². The molecule has 0 bridgehead atoms. The van der Waals surface area contributed by atoms with Crippen LogP contribution in [-0.4, -0.2) is 18.0 Å². The molecule has 0 aliphatic rings. The third kappa shape index (κ3) is 6.58. The molecule has 1 unspecified atom stereocenters. The van der Waals surface area contributed by atoms with Crippen LogP contribution in [0.3, 0.4) is 0 Å². The van der Waals surface area contributed by atoms with Gasteiger partial charge in [-0.3, -0.25) is 4.79 Å². The number of amides is 3. The summed E-state index contributed by atoms with van der Waals surface area (Å²) in [6.07, 6.45) is -4.06. The van der Waals surface area contributed by atoms with E-state index in [1.807, 2.05) is 13.8 Å². The molecule has 0 aliphatic carbocycles. The summed E-state index contributed by atoms with van der Waals surface area (Å²) in [6.45, 7) is 3.67. The Bertz CT molecular complexity index is 559. The maximum absolute atomic E-state index is 12.6. The predicted octanol–water partition coefficient (Wildman–Crippen LogP) is 2.40. The molecule has 0 aliphatic heterocycles. The molecular weight excluding hydrogens is 311 g/mol. The number of hydrogen-bond acceptors (Lipinski definition) is 2. The summed E-state index contributed by atoms with van der Waals surface area (Å²) in [4.78, 5) is 23.0. The maximum Gasteiger partial charge on any atom is 0.416 e. The Balaban J connectivity index is 2.71. The lowest BCUT2D eigenvalue weighted by atomic mass is 10.0. The fraction of sp³-hybridized carbons (Fsp3) is 0.467. The normalized spacial score (nSPS) is 12.8. The number of alkyl halides is 3. The Hall–Kier alpha value is -2.25. The number of nitrogens with one attached hydrogen (secondary N) is 2. The van der Waals surface area contributed by atoms with Crippen LogP contribution in [0.25, 0.3) is 0 Å². The van der Waals surface area contributed by atoms with Crippen molar-refractivity contribution in [1.82, 2.24) is 10.6 Å². The summed E-state index contributed by atoms with van der Waals surface area (Å²) in [6, 6.07) is 3.04. The summed E-state index contributed by atoms with van der Waals surface area (Å²) in [5.41, 5.74) is 4.56. The molecule has 5 nitrogen and oxygen atoms in total. The molecule has 8 heteroatoms. The lowest BCUT2D eigenvalue weighted by Gasteiger charge is -2.19. The number of benzene rings is 1. The fourth-order valence-corrected chi connectivity index (χ4v) is 2.04. The maximum atomic E-state index is 12.6. The Morgan fingerprint density at radius 2 is 1.91 bits per heavy atom. The van der Waals surface area contributed by atoms with E-state index in [0.29, 0.717) is 12.0 Å². The monoisotopic (exact) mass is 331 g/mol. The van der Waals surface area contributed by atoms with E-state index in [1.54, 1.807) is 0 Å². The average Bonchev–Trinajstić information content (AvgIpc) is 2.42. The standard InChI is InChI=1S/C15H20F3N3O2/c1-9(2)6-12(21-14(19)23)13(22)20-8-10-4-3-5-11(7-10)15(16,17)18/h3-5,7,9,12H,6,8H2,1-2H3,(H,20,22)(H3,19,21,23). The third-order valence-corrected chi connectivity index (χ3v) is 3.06. The number of primary amides is 1. The Labute approximate surface area is 132 Å². The van der Waals surface area contributed by atoms with Crippen molar-refractivity contribution in [3.05, 3.63) is 35.4 Å². The molecular formula is C15H20F3N3O2. The first-order valence-electron chi connectivity index (χ1n) is 7.09. The predicted molar refractivity (Wildman–Crippen MR) is 79.3 cm³/mol. The summed E-state index contributed by atoms with van der Waals surface area (Å²) in [5.74, 6) is -0.360. The minimum absolute atomic E-state index is 0.0716.